The topological polar surface area (TPSA) is 54.5 Å². The number of carbonyl (C=O) groups is 1. The monoisotopic (exact) mass is 303 g/mol. The maximum absolute atomic E-state index is 12.4. The molecule has 0 bridgehead atoms. The molecule has 3 heterocycles. The van der Waals surface area contributed by atoms with Crippen LogP contribution in [0.2, 0.25) is 0 Å². The van der Waals surface area contributed by atoms with Crippen LogP contribution in [0.1, 0.15) is 50.9 Å². The van der Waals surface area contributed by atoms with E-state index in [9.17, 15) is 4.79 Å². The second-order valence-electron chi connectivity index (χ2n) is 7.44. The highest BCUT2D eigenvalue weighted by molar-refractivity contribution is 5.94. The van der Waals surface area contributed by atoms with Gasteiger partial charge in [0.2, 0.25) is 0 Å². The summed E-state index contributed by atoms with van der Waals surface area (Å²) in [4.78, 5) is 19.0. The van der Waals surface area contributed by atoms with Gasteiger partial charge >= 0.3 is 0 Å². The second kappa shape index (κ2) is 5.23. The highest BCUT2D eigenvalue weighted by Gasteiger charge is 2.46. The summed E-state index contributed by atoms with van der Waals surface area (Å²) in [5, 5.41) is 3.10. The Kier molecular flexibility index (Phi) is 3.63. The van der Waals surface area contributed by atoms with Crippen molar-refractivity contribution in [3.05, 3.63) is 23.9 Å². The van der Waals surface area contributed by atoms with Gasteiger partial charge in [0.1, 0.15) is 5.82 Å². The lowest BCUT2D eigenvalue weighted by Crippen LogP contribution is -2.46. The van der Waals surface area contributed by atoms with E-state index in [1.165, 1.54) is 6.42 Å². The summed E-state index contributed by atoms with van der Waals surface area (Å²) in [5.74, 6) is 0.871. The molecule has 120 valence electrons. The molecule has 2 fully saturated rings. The van der Waals surface area contributed by atoms with Crippen LogP contribution in [-0.4, -0.2) is 41.2 Å². The van der Waals surface area contributed by atoms with Crippen molar-refractivity contribution in [1.29, 1.82) is 0 Å². The molecule has 0 spiro atoms. The number of nitrogens with one attached hydrogen (secondary N) is 1. The summed E-state index contributed by atoms with van der Waals surface area (Å²) in [6.07, 6.45) is 3.69. The number of pyridine rings is 1. The Morgan fingerprint density at radius 3 is 2.50 bits per heavy atom. The van der Waals surface area contributed by atoms with E-state index in [0.29, 0.717) is 5.56 Å². The number of carbonyl (C=O) groups excluding carboxylic acids is 1. The van der Waals surface area contributed by atoms with Crippen molar-refractivity contribution in [1.82, 2.24) is 10.3 Å². The molecule has 0 radical (unpaired) electrons. The van der Waals surface area contributed by atoms with Crippen LogP contribution in [0.3, 0.4) is 0 Å². The van der Waals surface area contributed by atoms with Gasteiger partial charge in [-0.3, -0.25) is 4.79 Å². The van der Waals surface area contributed by atoms with Gasteiger partial charge in [0.25, 0.3) is 5.91 Å². The highest BCUT2D eigenvalue weighted by Crippen LogP contribution is 2.37. The van der Waals surface area contributed by atoms with Gasteiger partial charge in [-0.2, -0.15) is 0 Å². The average molecular weight is 303 g/mol. The minimum absolute atomic E-state index is 0.00468. The smallest absolute Gasteiger partial charge is 0.253 e. The zero-order chi connectivity index (χ0) is 16.0. The first-order chi connectivity index (χ1) is 10.3. The van der Waals surface area contributed by atoms with E-state index < -0.39 is 0 Å². The first-order valence-electron chi connectivity index (χ1n) is 7.99. The van der Waals surface area contributed by atoms with E-state index in [2.05, 4.69) is 29.0 Å². The van der Waals surface area contributed by atoms with E-state index in [1.54, 1.807) is 6.20 Å². The van der Waals surface area contributed by atoms with Gasteiger partial charge in [-0.25, -0.2) is 4.98 Å². The summed E-state index contributed by atoms with van der Waals surface area (Å²) in [6.45, 7) is 10.3. The van der Waals surface area contributed by atoms with Crippen molar-refractivity contribution >= 4 is 11.7 Å². The van der Waals surface area contributed by atoms with Gasteiger partial charge in [0.05, 0.1) is 22.8 Å². The van der Waals surface area contributed by atoms with Crippen LogP contribution in [0.5, 0.6) is 0 Å². The van der Waals surface area contributed by atoms with Crippen LogP contribution in [0.15, 0.2) is 18.3 Å². The number of hydrogen-bond donors (Lipinski definition) is 1. The lowest BCUT2D eigenvalue weighted by Gasteiger charge is -2.32. The minimum atomic E-state index is -0.357. The van der Waals surface area contributed by atoms with Crippen molar-refractivity contribution < 1.29 is 9.53 Å². The fraction of sp³-hybridized carbons (Fsp3) is 0.647. The van der Waals surface area contributed by atoms with Crippen molar-refractivity contribution in [3.63, 3.8) is 0 Å². The van der Waals surface area contributed by atoms with Crippen LogP contribution in [-0.2, 0) is 4.74 Å². The number of rotatable bonds is 3. The lowest BCUT2D eigenvalue weighted by molar-refractivity contribution is -0.0693. The Labute approximate surface area is 132 Å². The quantitative estimate of drug-likeness (QED) is 0.931. The third-order valence-electron chi connectivity index (χ3n) is 4.57. The average Bonchev–Trinajstić information content (AvgIpc) is 2.55. The maximum Gasteiger partial charge on any atom is 0.253 e. The molecular weight excluding hydrogens is 278 g/mol. The van der Waals surface area contributed by atoms with Gasteiger partial charge in [0.15, 0.2) is 0 Å². The zero-order valence-electron chi connectivity index (χ0n) is 13.8. The molecule has 1 amide bonds. The normalized spacial score (nSPS) is 25.6. The number of hydrogen-bond acceptors (Lipinski definition) is 4. The molecule has 2 saturated heterocycles. The Morgan fingerprint density at radius 1 is 1.32 bits per heavy atom. The third kappa shape index (κ3) is 2.95. The molecule has 0 aromatic carbocycles. The Morgan fingerprint density at radius 2 is 2.05 bits per heavy atom. The van der Waals surface area contributed by atoms with E-state index in [1.807, 2.05) is 26.0 Å². The summed E-state index contributed by atoms with van der Waals surface area (Å²) in [6, 6.07) is 3.78. The fourth-order valence-corrected chi connectivity index (χ4v) is 3.28. The Balaban J connectivity index is 1.66. The molecule has 22 heavy (non-hydrogen) atoms. The molecule has 1 atom stereocenters. The van der Waals surface area contributed by atoms with Gasteiger partial charge in [0, 0.05) is 19.3 Å². The molecule has 2 aliphatic rings. The lowest BCUT2D eigenvalue weighted by atomic mass is 9.94. The van der Waals surface area contributed by atoms with Crippen molar-refractivity contribution in [2.45, 2.75) is 57.8 Å². The standard InChI is InChI=1S/C17H25N3O2/c1-16(2)10-13(17(3,4)22-16)19-15(21)12-6-7-14(18-11-12)20-8-5-9-20/h6-7,11,13H,5,8-10H2,1-4H3,(H,19,21)/t13-/m1/s1. The van der Waals surface area contributed by atoms with Gasteiger partial charge in [-0.15, -0.1) is 0 Å². The van der Waals surface area contributed by atoms with Crippen molar-refractivity contribution in [2.75, 3.05) is 18.0 Å². The SMILES string of the molecule is CC1(C)C[C@@H](NC(=O)c2ccc(N3CCC3)nc2)C(C)(C)O1. The molecule has 1 aromatic rings. The van der Waals surface area contributed by atoms with Gasteiger partial charge in [-0.05, 0) is 52.7 Å². The molecule has 0 aliphatic carbocycles. The number of anilines is 1. The summed E-state index contributed by atoms with van der Waals surface area (Å²) in [7, 11) is 0. The molecular formula is C17H25N3O2. The number of amides is 1. The Bertz CT molecular complexity index is 562. The second-order valence-corrected chi connectivity index (χ2v) is 7.44. The molecule has 0 unspecified atom stereocenters. The fourth-order valence-electron chi connectivity index (χ4n) is 3.28. The molecule has 3 rings (SSSR count). The largest absolute Gasteiger partial charge is 0.367 e. The molecule has 5 heteroatoms. The highest BCUT2D eigenvalue weighted by atomic mass is 16.5. The molecule has 2 aliphatic heterocycles. The number of aromatic nitrogens is 1. The van der Waals surface area contributed by atoms with E-state index in [4.69, 9.17) is 4.74 Å². The first kappa shape index (κ1) is 15.3. The zero-order valence-corrected chi connectivity index (χ0v) is 13.8. The van der Waals surface area contributed by atoms with Crippen LogP contribution in [0.4, 0.5) is 5.82 Å². The molecule has 1 aromatic heterocycles. The van der Waals surface area contributed by atoms with Crippen LogP contribution in [0, 0.1) is 0 Å². The predicted molar refractivity (Wildman–Crippen MR) is 86.2 cm³/mol. The van der Waals surface area contributed by atoms with E-state index >= 15 is 0 Å². The Hall–Kier alpha value is -1.62. The summed E-state index contributed by atoms with van der Waals surface area (Å²) < 4.78 is 6.02. The minimum Gasteiger partial charge on any atom is -0.367 e. The van der Waals surface area contributed by atoms with E-state index in [-0.39, 0.29) is 23.2 Å². The predicted octanol–water partition coefficient (Wildman–Crippen LogP) is 2.37. The van der Waals surface area contributed by atoms with Crippen molar-refractivity contribution in [2.24, 2.45) is 0 Å². The number of ether oxygens (including phenoxy) is 1. The van der Waals surface area contributed by atoms with E-state index in [0.717, 1.165) is 25.3 Å². The van der Waals surface area contributed by atoms with Crippen LogP contribution >= 0.6 is 0 Å². The van der Waals surface area contributed by atoms with Crippen LogP contribution < -0.4 is 10.2 Å². The molecule has 0 saturated carbocycles. The summed E-state index contributed by atoms with van der Waals surface area (Å²) in [5.41, 5.74) is 0.0374. The van der Waals surface area contributed by atoms with Gasteiger partial charge < -0.3 is 15.0 Å². The maximum atomic E-state index is 12.4. The van der Waals surface area contributed by atoms with Crippen LogP contribution in [0.25, 0.3) is 0 Å². The molecule has 5 nitrogen and oxygen atoms in total. The molecule has 1 N–H and O–H groups in total. The van der Waals surface area contributed by atoms with Gasteiger partial charge in [-0.1, -0.05) is 0 Å². The third-order valence-corrected chi connectivity index (χ3v) is 4.57. The van der Waals surface area contributed by atoms with Crippen molar-refractivity contribution in [3.8, 4) is 0 Å². The summed E-state index contributed by atoms with van der Waals surface area (Å²) >= 11 is 0. The number of nitrogens with zero attached hydrogens (tertiary/aromatic N) is 2. The first-order valence-corrected chi connectivity index (χ1v) is 7.99.